The number of nitrogen functional groups attached to an aromatic ring is 1. The summed E-state index contributed by atoms with van der Waals surface area (Å²) in [6.07, 6.45) is 0. The van der Waals surface area contributed by atoms with E-state index in [9.17, 15) is 13.2 Å². The zero-order valence-electron chi connectivity index (χ0n) is 12.4. The van der Waals surface area contributed by atoms with Gasteiger partial charge in [0, 0.05) is 19.2 Å². The van der Waals surface area contributed by atoms with E-state index in [0.29, 0.717) is 12.3 Å². The fraction of sp³-hybridized carbons (Fsp3) is 0.462. The van der Waals surface area contributed by atoms with Crippen molar-refractivity contribution in [2.24, 2.45) is 0 Å². The van der Waals surface area contributed by atoms with Crippen LogP contribution < -0.4 is 15.8 Å². The molecule has 7 nitrogen and oxygen atoms in total. The van der Waals surface area contributed by atoms with Crippen LogP contribution in [-0.4, -0.2) is 45.4 Å². The van der Waals surface area contributed by atoms with Crippen molar-refractivity contribution in [3.8, 4) is 5.75 Å². The van der Waals surface area contributed by atoms with Gasteiger partial charge in [0.25, 0.3) is 0 Å². The Morgan fingerprint density at radius 1 is 1.38 bits per heavy atom. The summed E-state index contributed by atoms with van der Waals surface area (Å²) in [5.41, 5.74) is 5.87. The molecule has 0 aliphatic rings. The number of nitrogens with zero attached hydrogens (tertiary/aromatic N) is 1. The molecule has 0 aliphatic heterocycles. The van der Waals surface area contributed by atoms with E-state index in [1.54, 1.807) is 13.8 Å². The lowest BCUT2D eigenvalue weighted by molar-refractivity contribution is -0.121. The Balaban J connectivity index is 3.10. The second-order valence-corrected chi connectivity index (χ2v) is 6.19. The first-order valence-corrected chi connectivity index (χ1v) is 8.01. The van der Waals surface area contributed by atoms with Crippen LogP contribution in [0.3, 0.4) is 0 Å². The van der Waals surface area contributed by atoms with Crippen LogP contribution in [0.1, 0.15) is 13.8 Å². The van der Waals surface area contributed by atoms with E-state index in [0.717, 1.165) is 4.31 Å². The molecule has 118 valence electrons. The molecular formula is C13H21N3O4S. The third-order valence-corrected chi connectivity index (χ3v) is 4.88. The summed E-state index contributed by atoms with van der Waals surface area (Å²) < 4.78 is 31.2. The predicted molar refractivity (Wildman–Crippen MR) is 80.5 cm³/mol. The van der Waals surface area contributed by atoms with Crippen molar-refractivity contribution < 1.29 is 17.9 Å². The molecule has 0 heterocycles. The van der Waals surface area contributed by atoms with Crippen LogP contribution in [0.15, 0.2) is 23.1 Å². The molecule has 0 aliphatic carbocycles. The van der Waals surface area contributed by atoms with Crippen molar-refractivity contribution in [1.29, 1.82) is 0 Å². The molecule has 0 bridgehead atoms. The number of amides is 1. The van der Waals surface area contributed by atoms with Gasteiger partial charge in [-0.3, -0.25) is 4.79 Å². The number of rotatable bonds is 7. The number of ether oxygens (including phenoxy) is 1. The van der Waals surface area contributed by atoms with E-state index in [4.69, 9.17) is 10.5 Å². The largest absolute Gasteiger partial charge is 0.497 e. The van der Waals surface area contributed by atoms with Crippen LogP contribution >= 0.6 is 0 Å². The lowest BCUT2D eigenvalue weighted by atomic mass is 10.3. The summed E-state index contributed by atoms with van der Waals surface area (Å²) in [5, 5.41) is 2.57. The van der Waals surface area contributed by atoms with Crippen molar-refractivity contribution in [3.63, 3.8) is 0 Å². The number of methoxy groups -OCH3 is 1. The smallest absolute Gasteiger partial charge is 0.245 e. The monoisotopic (exact) mass is 315 g/mol. The molecule has 1 aromatic carbocycles. The quantitative estimate of drug-likeness (QED) is 0.710. The number of nitrogens with one attached hydrogen (secondary N) is 1. The van der Waals surface area contributed by atoms with Gasteiger partial charge in [0.05, 0.1) is 19.3 Å². The van der Waals surface area contributed by atoms with E-state index in [1.165, 1.54) is 25.3 Å². The second kappa shape index (κ2) is 7.28. The van der Waals surface area contributed by atoms with Crippen LogP contribution in [0.2, 0.25) is 0 Å². The molecule has 8 heteroatoms. The normalized spacial score (nSPS) is 11.4. The summed E-state index contributed by atoms with van der Waals surface area (Å²) in [4.78, 5) is 11.6. The standard InChI is InChI=1S/C13H21N3O4S/c1-4-15-13(17)9-16(5-2)21(18,19)12-7-6-10(20-3)8-11(12)14/h6-8H,4-5,9,14H2,1-3H3,(H,15,17). The topological polar surface area (TPSA) is 102 Å². The molecule has 0 fully saturated rings. The summed E-state index contributed by atoms with van der Waals surface area (Å²) in [5.74, 6) is 0.119. The highest BCUT2D eigenvalue weighted by molar-refractivity contribution is 7.89. The molecule has 1 rings (SSSR count). The van der Waals surface area contributed by atoms with Crippen LogP contribution in [0.5, 0.6) is 5.75 Å². The van der Waals surface area contributed by atoms with Crippen LogP contribution in [0.4, 0.5) is 5.69 Å². The van der Waals surface area contributed by atoms with Gasteiger partial charge in [-0.15, -0.1) is 0 Å². The average Bonchev–Trinajstić information content (AvgIpc) is 2.44. The number of sulfonamides is 1. The first kappa shape index (κ1) is 17.3. The van der Waals surface area contributed by atoms with E-state index in [2.05, 4.69) is 5.32 Å². The highest BCUT2D eigenvalue weighted by atomic mass is 32.2. The summed E-state index contributed by atoms with van der Waals surface area (Å²) >= 11 is 0. The fourth-order valence-electron chi connectivity index (χ4n) is 1.81. The Labute approximate surface area is 125 Å². The minimum atomic E-state index is -3.83. The predicted octanol–water partition coefficient (Wildman–Crippen LogP) is 0.424. The third kappa shape index (κ3) is 4.08. The highest BCUT2D eigenvalue weighted by Gasteiger charge is 2.27. The molecule has 0 saturated carbocycles. The van der Waals surface area contributed by atoms with Crippen molar-refractivity contribution in [2.45, 2.75) is 18.7 Å². The SMILES string of the molecule is CCNC(=O)CN(CC)S(=O)(=O)c1ccc(OC)cc1N. The number of hydrogen-bond donors (Lipinski definition) is 2. The zero-order valence-corrected chi connectivity index (χ0v) is 13.2. The Kier molecular flexibility index (Phi) is 5.98. The van der Waals surface area contributed by atoms with Crippen molar-refractivity contribution in [3.05, 3.63) is 18.2 Å². The summed E-state index contributed by atoms with van der Waals surface area (Å²) in [6.45, 7) is 3.81. The molecule has 0 atom stereocenters. The van der Waals surface area contributed by atoms with E-state index < -0.39 is 10.0 Å². The van der Waals surface area contributed by atoms with Crippen LogP contribution in [-0.2, 0) is 14.8 Å². The molecule has 1 aromatic rings. The Morgan fingerprint density at radius 3 is 2.52 bits per heavy atom. The second-order valence-electron chi connectivity index (χ2n) is 4.29. The van der Waals surface area contributed by atoms with Gasteiger partial charge in [-0.1, -0.05) is 6.92 Å². The maximum Gasteiger partial charge on any atom is 0.245 e. The van der Waals surface area contributed by atoms with Gasteiger partial charge in [0.1, 0.15) is 10.6 Å². The fourth-order valence-corrected chi connectivity index (χ4v) is 3.31. The lowest BCUT2D eigenvalue weighted by Crippen LogP contribution is -2.40. The van der Waals surface area contributed by atoms with Crippen molar-refractivity contribution >= 4 is 21.6 Å². The minimum absolute atomic E-state index is 0.0329. The molecule has 21 heavy (non-hydrogen) atoms. The number of hydrogen-bond acceptors (Lipinski definition) is 5. The van der Waals surface area contributed by atoms with Gasteiger partial charge < -0.3 is 15.8 Å². The first-order chi connectivity index (χ1) is 9.86. The zero-order chi connectivity index (χ0) is 16.0. The molecule has 0 aromatic heterocycles. The summed E-state index contributed by atoms with van der Waals surface area (Å²) in [6, 6.07) is 4.33. The molecule has 0 radical (unpaired) electrons. The number of likely N-dealkylation sites (N-methyl/N-ethyl adjacent to an activating group) is 2. The minimum Gasteiger partial charge on any atom is -0.497 e. The van der Waals surface area contributed by atoms with E-state index >= 15 is 0 Å². The van der Waals surface area contributed by atoms with Gasteiger partial charge in [0.2, 0.25) is 15.9 Å². The number of anilines is 1. The average molecular weight is 315 g/mol. The first-order valence-electron chi connectivity index (χ1n) is 6.57. The van der Waals surface area contributed by atoms with E-state index in [1.807, 2.05) is 0 Å². The molecule has 0 saturated heterocycles. The number of benzene rings is 1. The molecule has 0 unspecified atom stereocenters. The van der Waals surface area contributed by atoms with Crippen LogP contribution in [0, 0.1) is 0 Å². The molecule has 1 amide bonds. The van der Waals surface area contributed by atoms with E-state index in [-0.39, 0.29) is 29.6 Å². The number of carbonyl (C=O) groups is 1. The van der Waals surface area contributed by atoms with Crippen molar-refractivity contribution in [2.75, 3.05) is 32.5 Å². The van der Waals surface area contributed by atoms with Gasteiger partial charge in [-0.05, 0) is 19.1 Å². The van der Waals surface area contributed by atoms with Crippen LogP contribution in [0.25, 0.3) is 0 Å². The lowest BCUT2D eigenvalue weighted by Gasteiger charge is -2.21. The van der Waals surface area contributed by atoms with Gasteiger partial charge in [-0.25, -0.2) is 8.42 Å². The highest BCUT2D eigenvalue weighted by Crippen LogP contribution is 2.26. The molecule has 3 N–H and O–H groups in total. The molecule has 0 spiro atoms. The van der Waals surface area contributed by atoms with Gasteiger partial charge in [0.15, 0.2) is 0 Å². The Morgan fingerprint density at radius 2 is 2.05 bits per heavy atom. The maximum atomic E-state index is 12.5. The molecular weight excluding hydrogens is 294 g/mol. The van der Waals surface area contributed by atoms with Gasteiger partial charge >= 0.3 is 0 Å². The number of nitrogens with two attached hydrogens (primary N) is 1. The maximum absolute atomic E-state index is 12.5. The number of carbonyl (C=O) groups excluding carboxylic acids is 1. The third-order valence-electron chi connectivity index (χ3n) is 2.88. The Hall–Kier alpha value is -1.80. The summed E-state index contributed by atoms with van der Waals surface area (Å²) in [7, 11) is -2.36. The van der Waals surface area contributed by atoms with Crippen molar-refractivity contribution in [1.82, 2.24) is 9.62 Å². The Bertz CT molecular complexity index is 601. The van der Waals surface area contributed by atoms with Gasteiger partial charge in [-0.2, -0.15) is 4.31 Å².